The molecule has 1 atom stereocenters. The molecular formula is C21H21F3IN3O4. The fourth-order valence-corrected chi connectivity index (χ4v) is 4.03. The quantitative estimate of drug-likeness (QED) is 0.283. The van der Waals surface area contributed by atoms with Crippen LogP contribution >= 0.6 is 22.6 Å². The van der Waals surface area contributed by atoms with Crippen LogP contribution in [0.4, 0.5) is 24.5 Å². The summed E-state index contributed by atoms with van der Waals surface area (Å²) in [5.74, 6) is -4.10. The van der Waals surface area contributed by atoms with E-state index in [9.17, 15) is 33.2 Å². The summed E-state index contributed by atoms with van der Waals surface area (Å²) in [6.07, 6.45) is 0.673. The van der Waals surface area contributed by atoms with Crippen LogP contribution in [0, 0.1) is 37.1 Å². The average molecular weight is 563 g/mol. The van der Waals surface area contributed by atoms with Gasteiger partial charge in [0.05, 0.1) is 35.6 Å². The molecule has 1 aliphatic rings. The zero-order valence-electron chi connectivity index (χ0n) is 17.1. The smallest absolute Gasteiger partial charge is 0.256 e. The second-order valence-electron chi connectivity index (χ2n) is 8.08. The molecular weight excluding hydrogens is 542 g/mol. The Hall–Kier alpha value is -2.41. The second kappa shape index (κ2) is 9.61. The van der Waals surface area contributed by atoms with Gasteiger partial charge in [-0.15, -0.1) is 0 Å². The Kier molecular flexibility index (Phi) is 7.28. The van der Waals surface area contributed by atoms with Crippen LogP contribution < -0.4 is 5.32 Å². The molecule has 0 spiro atoms. The molecule has 1 saturated heterocycles. The van der Waals surface area contributed by atoms with Gasteiger partial charge in [-0.2, -0.15) is 0 Å². The third kappa shape index (κ3) is 5.49. The number of β-amino-alcohol motifs (C(OH)–C–C–N with tert-alkyl or cyclic N) is 1. The molecule has 0 saturated carbocycles. The molecule has 3 rings (SSSR count). The van der Waals surface area contributed by atoms with Crippen LogP contribution in [0.2, 0.25) is 0 Å². The number of rotatable bonds is 8. The molecule has 0 aromatic heterocycles. The summed E-state index contributed by atoms with van der Waals surface area (Å²) in [6.45, 7) is 1.40. The Bertz CT molecular complexity index is 1050. The molecule has 1 unspecified atom stereocenters. The standard InChI is InChI=1S/C21H21F3IN3O4/c1-12(9-28(31)32)6-7-21(30)10-27(11-21)20(29)14-3-4-15(22)18(24)19(14)26-17-5-2-13(25)8-16(17)23/h2-5,8,12,26,30H,6-7,9-11H2,1H3. The van der Waals surface area contributed by atoms with Crippen LogP contribution in [0.5, 0.6) is 0 Å². The van der Waals surface area contributed by atoms with E-state index in [2.05, 4.69) is 5.32 Å². The van der Waals surface area contributed by atoms with Gasteiger partial charge in [-0.25, -0.2) is 13.2 Å². The molecule has 1 heterocycles. The predicted octanol–water partition coefficient (Wildman–Crippen LogP) is 4.33. The molecule has 0 aliphatic carbocycles. The SMILES string of the molecule is CC(CCC1(O)CN(C(=O)c2ccc(F)c(F)c2Nc2ccc(I)cc2F)C1)C[N+](=O)[O-]. The molecule has 172 valence electrons. The van der Waals surface area contributed by atoms with Crippen molar-refractivity contribution in [3.05, 3.63) is 67.0 Å². The highest BCUT2D eigenvalue weighted by atomic mass is 127. The van der Waals surface area contributed by atoms with Crippen LogP contribution in [0.3, 0.4) is 0 Å². The van der Waals surface area contributed by atoms with E-state index < -0.39 is 39.6 Å². The lowest BCUT2D eigenvalue weighted by atomic mass is 9.85. The first-order valence-electron chi connectivity index (χ1n) is 9.82. The number of hydrogen-bond donors (Lipinski definition) is 2. The second-order valence-corrected chi connectivity index (χ2v) is 9.32. The van der Waals surface area contributed by atoms with Crippen molar-refractivity contribution < 1.29 is 28.0 Å². The van der Waals surface area contributed by atoms with Crippen molar-refractivity contribution in [2.45, 2.75) is 25.4 Å². The van der Waals surface area contributed by atoms with Crippen molar-refractivity contribution in [3.63, 3.8) is 0 Å². The maximum atomic E-state index is 14.5. The van der Waals surface area contributed by atoms with Gasteiger partial charge in [-0.05, 0) is 65.8 Å². The number of nitro groups is 1. The Morgan fingerprint density at radius 1 is 1.28 bits per heavy atom. The third-order valence-corrected chi connectivity index (χ3v) is 6.01. The number of hydrogen-bond acceptors (Lipinski definition) is 5. The van der Waals surface area contributed by atoms with Gasteiger partial charge in [-0.1, -0.05) is 6.92 Å². The highest BCUT2D eigenvalue weighted by Gasteiger charge is 2.44. The summed E-state index contributed by atoms with van der Waals surface area (Å²) in [4.78, 5) is 24.3. The number of likely N-dealkylation sites (tertiary alicyclic amines) is 1. The number of nitrogens with zero attached hydrogens (tertiary/aromatic N) is 2. The molecule has 1 fully saturated rings. The Morgan fingerprint density at radius 2 is 1.97 bits per heavy atom. The Labute approximate surface area is 195 Å². The number of anilines is 2. The van der Waals surface area contributed by atoms with E-state index in [-0.39, 0.29) is 43.2 Å². The molecule has 2 N–H and O–H groups in total. The van der Waals surface area contributed by atoms with Crippen LogP contribution in [0.25, 0.3) is 0 Å². The summed E-state index contributed by atoms with van der Waals surface area (Å²) in [7, 11) is 0. The number of amides is 1. The van der Waals surface area contributed by atoms with Crippen LogP contribution in [0.1, 0.15) is 30.1 Å². The maximum Gasteiger partial charge on any atom is 0.256 e. The highest BCUT2D eigenvalue weighted by molar-refractivity contribution is 14.1. The minimum absolute atomic E-state index is 0.0483. The average Bonchev–Trinajstić information content (AvgIpc) is 2.68. The zero-order valence-corrected chi connectivity index (χ0v) is 19.2. The maximum absolute atomic E-state index is 14.5. The van der Waals surface area contributed by atoms with Crippen LogP contribution in [-0.4, -0.2) is 46.1 Å². The molecule has 2 aromatic carbocycles. The number of carbonyl (C=O) groups is 1. The van der Waals surface area contributed by atoms with Gasteiger partial charge in [0.25, 0.3) is 5.91 Å². The summed E-state index contributed by atoms with van der Waals surface area (Å²) in [5.41, 5.74) is -2.02. The summed E-state index contributed by atoms with van der Waals surface area (Å²) < 4.78 is 43.2. The first-order valence-corrected chi connectivity index (χ1v) is 10.9. The van der Waals surface area contributed by atoms with E-state index >= 15 is 0 Å². The molecule has 1 amide bonds. The lowest BCUT2D eigenvalue weighted by Gasteiger charge is -2.47. The van der Waals surface area contributed by atoms with Crippen molar-refractivity contribution >= 4 is 39.9 Å². The molecule has 2 aromatic rings. The first-order chi connectivity index (χ1) is 15.0. The zero-order chi connectivity index (χ0) is 23.6. The molecule has 11 heteroatoms. The highest BCUT2D eigenvalue weighted by Crippen LogP contribution is 2.33. The lowest BCUT2D eigenvalue weighted by Crippen LogP contribution is -2.63. The first kappa shape index (κ1) is 24.2. The normalized spacial score (nSPS) is 15.8. The van der Waals surface area contributed by atoms with Crippen molar-refractivity contribution in [2.75, 3.05) is 25.0 Å². The fraction of sp³-hybridized carbons (Fsp3) is 0.381. The molecule has 32 heavy (non-hydrogen) atoms. The van der Waals surface area contributed by atoms with Gasteiger partial charge < -0.3 is 15.3 Å². The molecule has 0 bridgehead atoms. The molecule has 0 radical (unpaired) electrons. The molecule has 1 aliphatic heterocycles. The van der Waals surface area contributed by atoms with Crippen LogP contribution in [0.15, 0.2) is 30.3 Å². The monoisotopic (exact) mass is 563 g/mol. The van der Waals surface area contributed by atoms with Gasteiger partial charge >= 0.3 is 0 Å². The largest absolute Gasteiger partial charge is 0.386 e. The number of aliphatic hydroxyl groups is 1. The van der Waals surface area contributed by atoms with E-state index in [1.165, 1.54) is 17.0 Å². The summed E-state index contributed by atoms with van der Waals surface area (Å²) in [5, 5.41) is 23.6. The van der Waals surface area contributed by atoms with E-state index in [1.54, 1.807) is 13.0 Å². The van der Waals surface area contributed by atoms with Crippen molar-refractivity contribution in [1.29, 1.82) is 0 Å². The predicted molar refractivity (Wildman–Crippen MR) is 120 cm³/mol. The van der Waals surface area contributed by atoms with E-state index in [4.69, 9.17) is 0 Å². The van der Waals surface area contributed by atoms with Gasteiger partial charge in [0.2, 0.25) is 6.54 Å². The summed E-state index contributed by atoms with van der Waals surface area (Å²) >= 11 is 1.90. The van der Waals surface area contributed by atoms with Crippen LogP contribution in [-0.2, 0) is 0 Å². The fourth-order valence-electron chi connectivity index (χ4n) is 3.57. The Balaban J connectivity index is 1.74. The van der Waals surface area contributed by atoms with Gasteiger partial charge in [0, 0.05) is 14.4 Å². The number of halogens is 4. The van der Waals surface area contributed by atoms with E-state index in [0.717, 1.165) is 12.1 Å². The number of carbonyl (C=O) groups excluding carboxylic acids is 1. The van der Waals surface area contributed by atoms with Gasteiger partial charge in [0.15, 0.2) is 11.6 Å². The molecule has 7 nitrogen and oxygen atoms in total. The minimum atomic E-state index is -1.32. The van der Waals surface area contributed by atoms with Gasteiger partial charge in [0.1, 0.15) is 5.82 Å². The van der Waals surface area contributed by atoms with Crippen molar-refractivity contribution in [3.8, 4) is 0 Å². The lowest BCUT2D eigenvalue weighted by molar-refractivity contribution is -0.487. The third-order valence-electron chi connectivity index (χ3n) is 5.34. The topological polar surface area (TPSA) is 95.7 Å². The minimum Gasteiger partial charge on any atom is -0.386 e. The van der Waals surface area contributed by atoms with E-state index in [1.807, 2.05) is 22.6 Å². The number of nitrogens with one attached hydrogen (secondary N) is 1. The van der Waals surface area contributed by atoms with Crippen molar-refractivity contribution in [2.24, 2.45) is 5.92 Å². The van der Waals surface area contributed by atoms with Crippen molar-refractivity contribution in [1.82, 2.24) is 4.90 Å². The number of benzene rings is 2. The van der Waals surface area contributed by atoms with Gasteiger partial charge in [-0.3, -0.25) is 14.9 Å². The Morgan fingerprint density at radius 3 is 2.59 bits per heavy atom. The van der Waals surface area contributed by atoms with E-state index in [0.29, 0.717) is 9.99 Å². The summed E-state index contributed by atoms with van der Waals surface area (Å²) in [6, 6.07) is 6.04.